The number of fused-ring (bicyclic) bond motifs is 3. The molecule has 2 aliphatic carbocycles. The van der Waals surface area contributed by atoms with Gasteiger partial charge in [-0.1, -0.05) is 6.42 Å². The molecular formula is C20H27N3O4S2. The van der Waals surface area contributed by atoms with Crippen LogP contribution in [0.3, 0.4) is 0 Å². The van der Waals surface area contributed by atoms with Crippen LogP contribution in [0.15, 0.2) is 23.1 Å². The van der Waals surface area contributed by atoms with E-state index in [0.717, 1.165) is 16.9 Å². The Morgan fingerprint density at radius 1 is 1.03 bits per heavy atom. The van der Waals surface area contributed by atoms with Gasteiger partial charge in [0.1, 0.15) is 13.2 Å². The third kappa shape index (κ3) is 3.68. The fourth-order valence-corrected chi connectivity index (χ4v) is 6.91. The molecule has 2 aliphatic heterocycles. The molecule has 5 rings (SSSR count). The van der Waals surface area contributed by atoms with Gasteiger partial charge < -0.3 is 19.7 Å². The largest absolute Gasteiger partial charge is 0.486 e. The van der Waals surface area contributed by atoms with Crippen molar-refractivity contribution < 1.29 is 17.9 Å². The van der Waals surface area contributed by atoms with E-state index in [1.165, 1.54) is 30.0 Å². The molecule has 4 aliphatic rings. The Bertz CT molecular complexity index is 899. The molecule has 9 heteroatoms. The molecule has 158 valence electrons. The van der Waals surface area contributed by atoms with E-state index in [-0.39, 0.29) is 4.90 Å². The van der Waals surface area contributed by atoms with Crippen molar-refractivity contribution >= 4 is 27.4 Å². The fourth-order valence-electron chi connectivity index (χ4n) is 5.14. The number of thiocarbonyl (C=S) groups is 1. The molecule has 0 unspecified atom stereocenters. The first-order chi connectivity index (χ1) is 14.0. The number of hydrogen-bond donors (Lipinski definition) is 1. The van der Waals surface area contributed by atoms with Crippen molar-refractivity contribution in [3.05, 3.63) is 18.2 Å². The van der Waals surface area contributed by atoms with E-state index >= 15 is 0 Å². The van der Waals surface area contributed by atoms with Crippen LogP contribution in [0.4, 0.5) is 0 Å². The quantitative estimate of drug-likeness (QED) is 0.724. The molecule has 0 aromatic heterocycles. The Labute approximate surface area is 177 Å². The number of hydrogen-bond acceptors (Lipinski definition) is 5. The zero-order valence-electron chi connectivity index (χ0n) is 16.4. The summed E-state index contributed by atoms with van der Waals surface area (Å²) in [5.74, 6) is 2.72. The van der Waals surface area contributed by atoms with Crippen molar-refractivity contribution in [2.24, 2.45) is 11.8 Å². The summed E-state index contributed by atoms with van der Waals surface area (Å²) >= 11 is 5.64. The lowest BCUT2D eigenvalue weighted by molar-refractivity contribution is 0.171. The normalized spacial score (nSPS) is 29.1. The second kappa shape index (κ2) is 7.59. The van der Waals surface area contributed by atoms with Crippen LogP contribution in [0.1, 0.15) is 25.7 Å². The van der Waals surface area contributed by atoms with Crippen LogP contribution in [0, 0.1) is 11.8 Å². The van der Waals surface area contributed by atoms with Crippen molar-refractivity contribution in [3.8, 4) is 11.5 Å². The van der Waals surface area contributed by atoms with Gasteiger partial charge in [0.25, 0.3) is 0 Å². The fraction of sp³-hybridized carbons (Fsp3) is 0.650. The van der Waals surface area contributed by atoms with E-state index in [4.69, 9.17) is 21.7 Å². The molecule has 0 spiro atoms. The van der Waals surface area contributed by atoms with Gasteiger partial charge >= 0.3 is 0 Å². The summed E-state index contributed by atoms with van der Waals surface area (Å²) in [5.41, 5.74) is 0. The van der Waals surface area contributed by atoms with Gasteiger partial charge in [0.05, 0.1) is 4.90 Å². The molecule has 29 heavy (non-hydrogen) atoms. The lowest BCUT2D eigenvalue weighted by Gasteiger charge is -2.37. The number of ether oxygens (including phenoxy) is 2. The standard InChI is InChI=1S/C20H27N3O4S2/c24-29(25,16-3-4-18-19(13-16)27-10-9-26-18)23-7-5-22(6-8-23)20(28)21-17-12-14-1-2-15(17)11-14/h3-4,13-15,17H,1-2,5-12H2,(H,21,28)/t14-,15+,17-/m0/s1. The summed E-state index contributed by atoms with van der Waals surface area (Å²) in [5, 5.41) is 4.34. The van der Waals surface area contributed by atoms with Gasteiger partial charge in [0, 0.05) is 38.3 Å². The molecule has 3 atom stereocenters. The van der Waals surface area contributed by atoms with Crippen LogP contribution in [0.2, 0.25) is 0 Å². The van der Waals surface area contributed by atoms with Gasteiger partial charge in [0.15, 0.2) is 16.6 Å². The number of rotatable bonds is 3. The predicted molar refractivity (Wildman–Crippen MR) is 113 cm³/mol. The van der Waals surface area contributed by atoms with E-state index in [1.54, 1.807) is 18.2 Å². The Morgan fingerprint density at radius 2 is 1.79 bits per heavy atom. The van der Waals surface area contributed by atoms with Crippen LogP contribution < -0.4 is 14.8 Å². The third-order valence-electron chi connectivity index (χ3n) is 6.72. The lowest BCUT2D eigenvalue weighted by atomic mass is 9.95. The molecule has 2 saturated carbocycles. The summed E-state index contributed by atoms with van der Waals surface area (Å²) in [4.78, 5) is 2.36. The first-order valence-electron chi connectivity index (χ1n) is 10.5. The van der Waals surface area contributed by atoms with E-state index < -0.39 is 10.0 Å². The van der Waals surface area contributed by atoms with E-state index in [1.807, 2.05) is 0 Å². The van der Waals surface area contributed by atoms with Crippen molar-refractivity contribution in [1.29, 1.82) is 0 Å². The molecule has 1 aromatic rings. The Balaban J connectivity index is 1.20. The summed E-state index contributed by atoms with van der Waals surface area (Å²) in [6.07, 6.45) is 5.24. The van der Waals surface area contributed by atoms with E-state index in [2.05, 4.69) is 10.2 Å². The van der Waals surface area contributed by atoms with Crippen molar-refractivity contribution in [2.75, 3.05) is 39.4 Å². The van der Waals surface area contributed by atoms with Crippen LogP contribution in [-0.4, -0.2) is 68.2 Å². The summed E-state index contributed by atoms with van der Waals surface area (Å²) in [6.45, 7) is 2.98. The summed E-state index contributed by atoms with van der Waals surface area (Å²) in [7, 11) is -3.57. The van der Waals surface area contributed by atoms with Gasteiger partial charge in [0.2, 0.25) is 10.0 Å². The molecule has 1 saturated heterocycles. The average molecular weight is 438 g/mol. The highest BCUT2D eigenvalue weighted by atomic mass is 32.2. The molecule has 1 aromatic carbocycles. The molecule has 0 radical (unpaired) electrons. The van der Waals surface area contributed by atoms with Crippen LogP contribution in [-0.2, 0) is 10.0 Å². The maximum atomic E-state index is 13.1. The third-order valence-corrected chi connectivity index (χ3v) is 8.99. The zero-order valence-corrected chi connectivity index (χ0v) is 18.0. The average Bonchev–Trinajstić information content (AvgIpc) is 3.36. The van der Waals surface area contributed by atoms with E-state index in [0.29, 0.717) is 56.9 Å². The van der Waals surface area contributed by atoms with Crippen molar-refractivity contribution in [3.63, 3.8) is 0 Å². The monoisotopic (exact) mass is 437 g/mol. The molecule has 2 heterocycles. The number of nitrogens with one attached hydrogen (secondary N) is 1. The van der Waals surface area contributed by atoms with Crippen LogP contribution in [0.5, 0.6) is 11.5 Å². The minimum absolute atomic E-state index is 0.248. The SMILES string of the molecule is O=S(=O)(c1ccc2c(c1)OCCO2)N1CCN(C(=S)N[C@H]2C[C@H]3CC[C@@H]2C3)CC1. The minimum Gasteiger partial charge on any atom is -0.486 e. The zero-order chi connectivity index (χ0) is 20.0. The van der Waals surface area contributed by atoms with Gasteiger partial charge in [-0.15, -0.1) is 0 Å². The van der Waals surface area contributed by atoms with E-state index in [9.17, 15) is 8.42 Å². The molecule has 7 nitrogen and oxygen atoms in total. The first-order valence-corrected chi connectivity index (χ1v) is 12.3. The van der Waals surface area contributed by atoms with Crippen molar-refractivity contribution in [2.45, 2.75) is 36.6 Å². The Hall–Kier alpha value is -1.58. The second-order valence-corrected chi connectivity index (χ2v) is 10.8. The molecule has 0 amide bonds. The highest BCUT2D eigenvalue weighted by Crippen LogP contribution is 2.44. The highest BCUT2D eigenvalue weighted by molar-refractivity contribution is 7.89. The highest BCUT2D eigenvalue weighted by Gasteiger charge is 2.40. The van der Waals surface area contributed by atoms with Gasteiger partial charge in [-0.05, 0) is 55.4 Å². The van der Waals surface area contributed by atoms with Gasteiger partial charge in [-0.3, -0.25) is 0 Å². The lowest BCUT2D eigenvalue weighted by Crippen LogP contribution is -2.54. The molecule has 1 N–H and O–H groups in total. The first kappa shape index (κ1) is 19.4. The summed E-state index contributed by atoms with van der Waals surface area (Å²) < 4.78 is 38.7. The maximum Gasteiger partial charge on any atom is 0.243 e. The minimum atomic E-state index is -3.57. The second-order valence-electron chi connectivity index (χ2n) is 8.43. The number of benzene rings is 1. The molecule has 3 fully saturated rings. The number of piperazine rings is 1. The maximum absolute atomic E-state index is 13.1. The van der Waals surface area contributed by atoms with Crippen LogP contribution >= 0.6 is 12.2 Å². The van der Waals surface area contributed by atoms with Crippen LogP contribution in [0.25, 0.3) is 0 Å². The Kier molecular flexibility index (Phi) is 5.08. The smallest absolute Gasteiger partial charge is 0.243 e. The Morgan fingerprint density at radius 3 is 2.48 bits per heavy atom. The topological polar surface area (TPSA) is 71.1 Å². The molecule has 2 bridgehead atoms. The number of sulfonamides is 1. The van der Waals surface area contributed by atoms with Gasteiger partial charge in [-0.2, -0.15) is 4.31 Å². The molecular weight excluding hydrogens is 410 g/mol. The summed E-state index contributed by atoms with van der Waals surface area (Å²) in [6, 6.07) is 5.33. The van der Waals surface area contributed by atoms with Crippen molar-refractivity contribution in [1.82, 2.24) is 14.5 Å². The number of nitrogens with zero attached hydrogens (tertiary/aromatic N) is 2. The van der Waals surface area contributed by atoms with Gasteiger partial charge in [-0.25, -0.2) is 8.42 Å². The predicted octanol–water partition coefficient (Wildman–Crippen LogP) is 1.83.